The molecule has 0 saturated carbocycles. The maximum atomic E-state index is 10.6. The fourth-order valence-corrected chi connectivity index (χ4v) is 4.35. The number of para-hydroxylation sites is 1. The van der Waals surface area contributed by atoms with Gasteiger partial charge in [0.05, 0.1) is 10.0 Å². The van der Waals surface area contributed by atoms with E-state index in [4.69, 9.17) is 32.5 Å². The first-order valence-electron chi connectivity index (χ1n) is 11.0. The predicted molar refractivity (Wildman–Crippen MR) is 131 cm³/mol. The standard InChI is InChI=1S/C25H27Cl2N3O3/c1-17-28-25(33-29-17)9-7-19-4-2-3-5-24(19)32-16-21(31)15-30-12-10-18(11-13-30)20-6-8-22(26)23(27)14-20/h2-9,14,18,21,31H,10-13,15-16H2,1H3/b9-7+/t21-/m0/s1. The number of aromatic nitrogens is 2. The molecule has 8 heteroatoms. The van der Waals surface area contributed by atoms with Crippen molar-refractivity contribution in [2.24, 2.45) is 0 Å². The Balaban J connectivity index is 1.26. The van der Waals surface area contributed by atoms with Gasteiger partial charge in [0.1, 0.15) is 18.5 Å². The average Bonchev–Trinajstić information content (AvgIpc) is 3.24. The number of benzene rings is 2. The second-order valence-electron chi connectivity index (χ2n) is 8.26. The summed E-state index contributed by atoms with van der Waals surface area (Å²) in [5, 5.41) is 15.5. The van der Waals surface area contributed by atoms with Crippen LogP contribution in [-0.4, -0.2) is 52.5 Å². The SMILES string of the molecule is Cc1noc(/C=C/c2ccccc2OC[C@@H](O)CN2CCC(c3ccc(Cl)c(Cl)c3)CC2)n1. The third kappa shape index (κ3) is 6.58. The Morgan fingerprint density at radius 2 is 1.94 bits per heavy atom. The molecule has 1 aliphatic heterocycles. The zero-order valence-corrected chi connectivity index (χ0v) is 20.0. The first-order valence-corrected chi connectivity index (χ1v) is 11.8. The van der Waals surface area contributed by atoms with Crippen LogP contribution in [0.2, 0.25) is 10.0 Å². The third-order valence-electron chi connectivity index (χ3n) is 5.77. The zero-order valence-electron chi connectivity index (χ0n) is 18.5. The summed E-state index contributed by atoms with van der Waals surface area (Å²) in [5.41, 5.74) is 2.11. The van der Waals surface area contributed by atoms with Crippen LogP contribution >= 0.6 is 23.2 Å². The summed E-state index contributed by atoms with van der Waals surface area (Å²) < 4.78 is 11.0. The highest BCUT2D eigenvalue weighted by molar-refractivity contribution is 6.42. The van der Waals surface area contributed by atoms with E-state index >= 15 is 0 Å². The van der Waals surface area contributed by atoms with Gasteiger partial charge in [0.15, 0.2) is 5.82 Å². The van der Waals surface area contributed by atoms with Crippen molar-refractivity contribution in [3.05, 3.63) is 75.4 Å². The van der Waals surface area contributed by atoms with Crippen LogP contribution in [0.1, 0.15) is 41.6 Å². The molecule has 2 aromatic carbocycles. The van der Waals surface area contributed by atoms with E-state index in [0.717, 1.165) is 31.5 Å². The molecule has 1 aliphatic rings. The number of halogens is 2. The summed E-state index contributed by atoms with van der Waals surface area (Å²) in [7, 11) is 0. The van der Waals surface area contributed by atoms with E-state index < -0.39 is 6.10 Å². The second kappa shape index (κ2) is 11.2. The van der Waals surface area contributed by atoms with Gasteiger partial charge in [-0.2, -0.15) is 4.98 Å². The topological polar surface area (TPSA) is 71.6 Å². The van der Waals surface area contributed by atoms with Crippen molar-refractivity contribution in [2.45, 2.75) is 31.8 Å². The highest BCUT2D eigenvalue weighted by Crippen LogP contribution is 2.32. The largest absolute Gasteiger partial charge is 0.490 e. The lowest BCUT2D eigenvalue weighted by Gasteiger charge is -2.33. The zero-order chi connectivity index (χ0) is 23.2. The number of aliphatic hydroxyl groups is 1. The van der Waals surface area contributed by atoms with E-state index in [9.17, 15) is 5.11 Å². The fourth-order valence-electron chi connectivity index (χ4n) is 4.04. The van der Waals surface area contributed by atoms with Gasteiger partial charge in [-0.15, -0.1) is 0 Å². The predicted octanol–water partition coefficient (Wildman–Crippen LogP) is 5.47. The minimum Gasteiger partial charge on any atom is -0.490 e. The van der Waals surface area contributed by atoms with Crippen LogP contribution in [0.15, 0.2) is 47.0 Å². The molecule has 3 aromatic rings. The summed E-state index contributed by atoms with van der Waals surface area (Å²) >= 11 is 12.2. The quantitative estimate of drug-likeness (QED) is 0.453. The molecule has 0 spiro atoms. The minimum absolute atomic E-state index is 0.219. The molecular formula is C25H27Cl2N3O3. The van der Waals surface area contributed by atoms with Gasteiger partial charge in [0.25, 0.3) is 5.89 Å². The number of hydrogen-bond donors (Lipinski definition) is 1. The lowest BCUT2D eigenvalue weighted by atomic mass is 9.89. The molecule has 6 nitrogen and oxygen atoms in total. The summed E-state index contributed by atoms with van der Waals surface area (Å²) in [6.45, 7) is 4.41. The number of aryl methyl sites for hydroxylation is 1. The lowest BCUT2D eigenvalue weighted by molar-refractivity contribution is 0.0594. The van der Waals surface area contributed by atoms with E-state index in [0.29, 0.717) is 40.0 Å². The molecule has 1 atom stereocenters. The highest BCUT2D eigenvalue weighted by atomic mass is 35.5. The third-order valence-corrected chi connectivity index (χ3v) is 6.51. The van der Waals surface area contributed by atoms with Gasteiger partial charge in [-0.1, -0.05) is 52.6 Å². The Bertz CT molecular complexity index is 1090. The first-order chi connectivity index (χ1) is 16.0. The van der Waals surface area contributed by atoms with Crippen molar-refractivity contribution in [2.75, 3.05) is 26.2 Å². The van der Waals surface area contributed by atoms with Crippen LogP contribution in [-0.2, 0) is 0 Å². The molecule has 0 radical (unpaired) electrons. The summed E-state index contributed by atoms with van der Waals surface area (Å²) in [5.74, 6) is 2.18. The van der Waals surface area contributed by atoms with E-state index in [1.54, 1.807) is 13.0 Å². The summed E-state index contributed by atoms with van der Waals surface area (Å²) in [6.07, 6.45) is 5.07. The number of aliphatic hydroxyl groups excluding tert-OH is 1. The lowest BCUT2D eigenvalue weighted by Crippen LogP contribution is -2.40. The summed E-state index contributed by atoms with van der Waals surface area (Å²) in [4.78, 5) is 6.45. The van der Waals surface area contributed by atoms with Gasteiger partial charge in [0, 0.05) is 18.2 Å². The summed E-state index contributed by atoms with van der Waals surface area (Å²) in [6, 6.07) is 13.6. The van der Waals surface area contributed by atoms with Crippen LogP contribution < -0.4 is 4.74 Å². The maximum absolute atomic E-state index is 10.6. The van der Waals surface area contributed by atoms with Gasteiger partial charge < -0.3 is 19.3 Å². The number of piperidine rings is 1. The number of nitrogens with zero attached hydrogens (tertiary/aromatic N) is 3. The molecule has 1 aromatic heterocycles. The molecule has 174 valence electrons. The van der Waals surface area contributed by atoms with Crippen molar-refractivity contribution in [3.63, 3.8) is 0 Å². The molecule has 0 amide bonds. The van der Waals surface area contributed by atoms with Crippen LogP contribution in [0.25, 0.3) is 12.2 Å². The molecule has 2 heterocycles. The minimum atomic E-state index is -0.581. The molecular weight excluding hydrogens is 461 g/mol. The molecule has 0 bridgehead atoms. The second-order valence-corrected chi connectivity index (χ2v) is 9.08. The van der Waals surface area contributed by atoms with Crippen LogP contribution in [0.5, 0.6) is 5.75 Å². The van der Waals surface area contributed by atoms with E-state index in [-0.39, 0.29) is 6.61 Å². The molecule has 1 N–H and O–H groups in total. The number of rotatable bonds is 8. The number of β-amino-alcohol motifs (C(OH)–C–C–N with tert-alkyl or cyclic N) is 1. The molecule has 1 fully saturated rings. The maximum Gasteiger partial charge on any atom is 0.250 e. The fraction of sp³-hybridized carbons (Fsp3) is 0.360. The van der Waals surface area contributed by atoms with Crippen molar-refractivity contribution >= 4 is 35.4 Å². The normalized spacial score (nSPS) is 16.4. The Hall–Kier alpha value is -2.38. The molecule has 33 heavy (non-hydrogen) atoms. The van der Waals surface area contributed by atoms with Crippen molar-refractivity contribution in [1.29, 1.82) is 0 Å². The number of hydrogen-bond acceptors (Lipinski definition) is 6. The van der Waals surface area contributed by atoms with Crippen LogP contribution in [0.4, 0.5) is 0 Å². The Morgan fingerprint density at radius 3 is 2.67 bits per heavy atom. The number of ether oxygens (including phenoxy) is 1. The molecule has 0 aliphatic carbocycles. The van der Waals surface area contributed by atoms with Crippen LogP contribution in [0.3, 0.4) is 0 Å². The van der Waals surface area contributed by atoms with E-state index in [1.165, 1.54) is 5.56 Å². The molecule has 0 unspecified atom stereocenters. The van der Waals surface area contributed by atoms with Gasteiger partial charge in [-0.25, -0.2) is 0 Å². The Labute approximate surface area is 203 Å². The van der Waals surface area contributed by atoms with Crippen molar-refractivity contribution < 1.29 is 14.4 Å². The Morgan fingerprint density at radius 1 is 1.15 bits per heavy atom. The van der Waals surface area contributed by atoms with E-state index in [2.05, 4.69) is 21.1 Å². The average molecular weight is 488 g/mol. The molecule has 4 rings (SSSR count). The van der Waals surface area contributed by atoms with Gasteiger partial charge in [-0.3, -0.25) is 0 Å². The van der Waals surface area contributed by atoms with Gasteiger partial charge >= 0.3 is 0 Å². The molecule has 1 saturated heterocycles. The monoisotopic (exact) mass is 487 g/mol. The smallest absolute Gasteiger partial charge is 0.250 e. The Kier molecular flexibility index (Phi) is 8.04. The van der Waals surface area contributed by atoms with Gasteiger partial charge in [-0.05, 0) is 68.6 Å². The van der Waals surface area contributed by atoms with Crippen LogP contribution in [0, 0.1) is 6.92 Å². The number of likely N-dealkylation sites (tertiary alicyclic amines) is 1. The van der Waals surface area contributed by atoms with Gasteiger partial charge in [0.2, 0.25) is 0 Å². The first kappa shape index (κ1) is 23.8. The van der Waals surface area contributed by atoms with Crippen molar-refractivity contribution in [3.8, 4) is 5.75 Å². The van der Waals surface area contributed by atoms with Crippen molar-refractivity contribution in [1.82, 2.24) is 15.0 Å². The highest BCUT2D eigenvalue weighted by Gasteiger charge is 2.23. The van der Waals surface area contributed by atoms with E-state index in [1.807, 2.05) is 42.5 Å².